The van der Waals surface area contributed by atoms with Crippen LogP contribution in [0.3, 0.4) is 0 Å². The maximum absolute atomic E-state index is 12.3. The number of hydrogen-bond donors (Lipinski definition) is 2. The topological polar surface area (TPSA) is 102 Å². The number of phenols is 1. The maximum atomic E-state index is 12.3. The number of esters is 1. The first-order chi connectivity index (χ1) is 12.0. The van der Waals surface area contributed by atoms with Gasteiger partial charge in [0.1, 0.15) is 28.9 Å². The lowest BCUT2D eigenvalue weighted by molar-refractivity contribution is -0.127. The molecular weight excluding hydrogens is 328 g/mol. The Bertz CT molecular complexity index is 612. The van der Waals surface area contributed by atoms with Gasteiger partial charge in [0.05, 0.1) is 20.3 Å². The smallest absolute Gasteiger partial charge is 0.345 e. The van der Waals surface area contributed by atoms with Crippen molar-refractivity contribution in [3.05, 3.63) is 17.7 Å². The summed E-state index contributed by atoms with van der Waals surface area (Å²) in [6.45, 7) is 0.390. The number of ketones is 1. The number of benzene rings is 1. The van der Waals surface area contributed by atoms with E-state index >= 15 is 0 Å². The fourth-order valence-corrected chi connectivity index (χ4v) is 2.60. The molecule has 7 nitrogen and oxygen atoms in total. The van der Waals surface area contributed by atoms with E-state index in [9.17, 15) is 19.8 Å². The molecule has 0 fully saturated rings. The molecule has 1 aliphatic heterocycles. The standard InChI is InChI=1S/C18H24O7/c1-23-12-10-15(21)17-16(11-12)24-8-4-2-6-13(19)14(20)7-3-5-9-25-18(17)22/h10-11,14,20-21H,2-9H2,1H3. The molecule has 1 heterocycles. The van der Waals surface area contributed by atoms with Crippen molar-refractivity contribution in [2.24, 2.45) is 0 Å². The Hall–Kier alpha value is -2.28. The van der Waals surface area contributed by atoms with Gasteiger partial charge in [-0.25, -0.2) is 4.79 Å². The molecule has 7 heteroatoms. The van der Waals surface area contributed by atoms with Gasteiger partial charge in [-0.1, -0.05) is 0 Å². The number of fused-ring (bicyclic) bond motifs is 1. The molecule has 0 radical (unpaired) electrons. The Morgan fingerprint density at radius 2 is 1.80 bits per heavy atom. The second-order valence-electron chi connectivity index (χ2n) is 5.94. The van der Waals surface area contributed by atoms with Crippen LogP contribution >= 0.6 is 0 Å². The SMILES string of the molecule is COc1cc(O)c2c(c1)OCCCCC(=O)C(O)CCCCOC2=O. The Balaban J connectivity index is 2.17. The molecule has 138 valence electrons. The number of ether oxygens (including phenoxy) is 3. The molecule has 2 N–H and O–H groups in total. The van der Waals surface area contributed by atoms with Crippen LogP contribution in [-0.4, -0.2) is 48.4 Å². The van der Waals surface area contributed by atoms with Gasteiger partial charge in [0, 0.05) is 18.6 Å². The summed E-state index contributed by atoms with van der Waals surface area (Å²) >= 11 is 0. The van der Waals surface area contributed by atoms with Crippen LogP contribution in [0.5, 0.6) is 17.2 Å². The van der Waals surface area contributed by atoms with Gasteiger partial charge in [0.2, 0.25) is 0 Å². The van der Waals surface area contributed by atoms with Crippen molar-refractivity contribution < 1.29 is 34.0 Å². The fraction of sp³-hybridized carbons (Fsp3) is 0.556. The molecule has 1 unspecified atom stereocenters. The first-order valence-corrected chi connectivity index (χ1v) is 8.44. The first kappa shape index (κ1) is 19.1. The molecule has 0 saturated carbocycles. The molecule has 25 heavy (non-hydrogen) atoms. The monoisotopic (exact) mass is 352 g/mol. The summed E-state index contributed by atoms with van der Waals surface area (Å²) in [7, 11) is 1.45. The minimum absolute atomic E-state index is 0.0354. The van der Waals surface area contributed by atoms with Gasteiger partial charge < -0.3 is 24.4 Å². The van der Waals surface area contributed by atoms with E-state index in [1.807, 2.05) is 0 Å². The van der Waals surface area contributed by atoms with Crippen LogP contribution in [0.15, 0.2) is 12.1 Å². The molecular formula is C18H24O7. The third-order valence-electron chi connectivity index (χ3n) is 4.05. The number of methoxy groups -OCH3 is 1. The molecule has 0 aliphatic carbocycles. The van der Waals surface area contributed by atoms with E-state index in [1.54, 1.807) is 0 Å². The van der Waals surface area contributed by atoms with E-state index in [4.69, 9.17) is 14.2 Å². The van der Waals surface area contributed by atoms with E-state index in [1.165, 1.54) is 19.2 Å². The number of phenolic OH excluding ortho intramolecular Hbond substituents is 1. The number of cyclic esters (lactones) is 1. The van der Waals surface area contributed by atoms with Gasteiger partial charge in [-0.15, -0.1) is 0 Å². The zero-order valence-electron chi connectivity index (χ0n) is 14.3. The molecule has 1 atom stereocenters. The molecule has 1 aromatic carbocycles. The predicted molar refractivity (Wildman–Crippen MR) is 89.2 cm³/mol. The number of aliphatic hydroxyl groups is 1. The maximum Gasteiger partial charge on any atom is 0.345 e. The lowest BCUT2D eigenvalue weighted by Gasteiger charge is -2.14. The number of rotatable bonds is 1. The summed E-state index contributed by atoms with van der Waals surface area (Å²) in [6, 6.07) is 2.84. The summed E-state index contributed by atoms with van der Waals surface area (Å²) in [4.78, 5) is 24.1. The van der Waals surface area contributed by atoms with E-state index < -0.39 is 12.1 Å². The van der Waals surface area contributed by atoms with Gasteiger partial charge in [-0.3, -0.25) is 4.79 Å². The largest absolute Gasteiger partial charge is 0.507 e. The Morgan fingerprint density at radius 1 is 1.08 bits per heavy atom. The zero-order valence-corrected chi connectivity index (χ0v) is 14.3. The molecule has 1 aliphatic rings. The van der Waals surface area contributed by atoms with E-state index in [0.29, 0.717) is 37.9 Å². The number of aliphatic hydroxyl groups excluding tert-OH is 1. The average molecular weight is 352 g/mol. The summed E-state index contributed by atoms with van der Waals surface area (Å²) in [5.74, 6) is -0.578. The van der Waals surface area contributed by atoms with Crippen molar-refractivity contribution >= 4 is 11.8 Å². The van der Waals surface area contributed by atoms with E-state index in [-0.39, 0.29) is 42.5 Å². The molecule has 2 rings (SSSR count). The summed E-state index contributed by atoms with van der Waals surface area (Å²) in [5.41, 5.74) is -0.0354. The van der Waals surface area contributed by atoms with Crippen LogP contribution in [0.4, 0.5) is 0 Å². The van der Waals surface area contributed by atoms with Crippen LogP contribution < -0.4 is 9.47 Å². The summed E-state index contributed by atoms with van der Waals surface area (Å²) < 4.78 is 15.9. The van der Waals surface area contributed by atoms with Crippen molar-refractivity contribution in [3.63, 3.8) is 0 Å². The van der Waals surface area contributed by atoms with Gasteiger partial charge in [0.15, 0.2) is 5.78 Å². The average Bonchev–Trinajstić information content (AvgIpc) is 2.59. The van der Waals surface area contributed by atoms with Gasteiger partial charge in [0.25, 0.3) is 0 Å². The van der Waals surface area contributed by atoms with Gasteiger partial charge in [-0.05, 0) is 32.1 Å². The van der Waals surface area contributed by atoms with E-state index in [0.717, 1.165) is 0 Å². The summed E-state index contributed by atoms with van der Waals surface area (Å²) in [5, 5.41) is 19.9. The molecule has 0 aromatic heterocycles. The van der Waals surface area contributed by atoms with Crippen LogP contribution in [-0.2, 0) is 9.53 Å². The third kappa shape index (κ3) is 5.35. The Labute approximate surface area is 146 Å². The highest BCUT2D eigenvalue weighted by Crippen LogP contribution is 2.34. The lowest BCUT2D eigenvalue weighted by atomic mass is 10.0. The minimum atomic E-state index is -0.966. The second-order valence-corrected chi connectivity index (χ2v) is 5.94. The molecule has 0 amide bonds. The highest BCUT2D eigenvalue weighted by molar-refractivity contribution is 5.96. The Morgan fingerprint density at radius 3 is 2.56 bits per heavy atom. The van der Waals surface area contributed by atoms with Crippen LogP contribution in [0.1, 0.15) is 48.9 Å². The zero-order chi connectivity index (χ0) is 18.2. The highest BCUT2D eigenvalue weighted by atomic mass is 16.5. The number of hydrogen-bond acceptors (Lipinski definition) is 7. The summed E-state index contributed by atoms with van der Waals surface area (Å²) in [6.07, 6.45) is 1.91. The van der Waals surface area contributed by atoms with Gasteiger partial charge >= 0.3 is 5.97 Å². The van der Waals surface area contributed by atoms with E-state index in [2.05, 4.69) is 0 Å². The van der Waals surface area contributed by atoms with Crippen molar-refractivity contribution in [1.29, 1.82) is 0 Å². The number of carbonyl (C=O) groups excluding carboxylic acids is 2. The van der Waals surface area contributed by atoms with Crippen molar-refractivity contribution in [1.82, 2.24) is 0 Å². The second kappa shape index (κ2) is 9.27. The molecule has 1 aromatic rings. The predicted octanol–water partition coefficient (Wildman–Crippen LogP) is 2.22. The minimum Gasteiger partial charge on any atom is -0.507 e. The highest BCUT2D eigenvalue weighted by Gasteiger charge is 2.22. The van der Waals surface area contributed by atoms with Crippen molar-refractivity contribution in [3.8, 4) is 17.2 Å². The molecule has 0 saturated heterocycles. The van der Waals surface area contributed by atoms with Crippen LogP contribution in [0.25, 0.3) is 0 Å². The first-order valence-electron chi connectivity index (χ1n) is 8.44. The van der Waals surface area contributed by atoms with Crippen LogP contribution in [0.2, 0.25) is 0 Å². The lowest BCUT2D eigenvalue weighted by Crippen LogP contribution is -2.20. The number of Topliss-reactive ketones (excluding diaryl/α,β-unsaturated/α-hetero) is 1. The fourth-order valence-electron chi connectivity index (χ4n) is 2.60. The Kier molecular flexibility index (Phi) is 7.06. The molecule has 0 bridgehead atoms. The van der Waals surface area contributed by atoms with Gasteiger partial charge in [-0.2, -0.15) is 0 Å². The normalized spacial score (nSPS) is 20.5. The third-order valence-corrected chi connectivity index (χ3v) is 4.05. The van der Waals surface area contributed by atoms with Crippen molar-refractivity contribution in [2.75, 3.05) is 20.3 Å². The number of aromatic hydroxyl groups is 1. The number of carbonyl (C=O) groups is 2. The molecule has 0 spiro atoms. The van der Waals surface area contributed by atoms with Crippen molar-refractivity contribution in [2.45, 2.75) is 44.6 Å². The van der Waals surface area contributed by atoms with Crippen LogP contribution in [0, 0.1) is 0 Å². The quantitative estimate of drug-likeness (QED) is 0.747.